The molecule has 0 fully saturated rings. The number of nitrogens with zero attached hydrogens (tertiary/aromatic N) is 3. The lowest BCUT2D eigenvalue weighted by Gasteiger charge is -2.12. The topological polar surface area (TPSA) is 85.8 Å². The van der Waals surface area contributed by atoms with Gasteiger partial charge in [-0.25, -0.2) is 4.98 Å². The number of aryl methyl sites for hydroxylation is 1. The molecule has 1 unspecified atom stereocenters. The number of nitrogens with two attached hydrogens (primary N) is 1. The van der Waals surface area contributed by atoms with E-state index in [0.29, 0.717) is 25.2 Å². The highest BCUT2D eigenvalue weighted by Gasteiger charge is 2.18. The molecule has 0 aliphatic rings. The van der Waals surface area contributed by atoms with Gasteiger partial charge in [0.25, 0.3) is 0 Å². The highest BCUT2D eigenvalue weighted by atomic mass is 32.1. The van der Waals surface area contributed by atoms with Gasteiger partial charge in [-0.2, -0.15) is 5.10 Å². The Morgan fingerprint density at radius 1 is 1.71 bits per heavy atom. The molecule has 1 heterocycles. The van der Waals surface area contributed by atoms with Crippen LogP contribution in [0.1, 0.15) is 19.2 Å². The molecule has 1 aromatic rings. The summed E-state index contributed by atoms with van der Waals surface area (Å²) in [5.74, 6) is 0.189. The van der Waals surface area contributed by atoms with E-state index in [4.69, 9.17) is 18.0 Å². The molecule has 17 heavy (non-hydrogen) atoms. The van der Waals surface area contributed by atoms with E-state index in [1.165, 1.54) is 0 Å². The first-order chi connectivity index (χ1) is 8.04. The van der Waals surface area contributed by atoms with E-state index in [-0.39, 0.29) is 16.8 Å². The number of hydrogen-bond donors (Lipinski definition) is 2. The van der Waals surface area contributed by atoms with Gasteiger partial charge < -0.3 is 11.1 Å². The molecule has 1 amide bonds. The second-order valence-corrected chi connectivity index (χ2v) is 4.21. The Morgan fingerprint density at radius 2 is 2.41 bits per heavy atom. The van der Waals surface area contributed by atoms with Gasteiger partial charge in [-0.15, -0.1) is 0 Å². The van der Waals surface area contributed by atoms with Crippen molar-refractivity contribution < 1.29 is 4.79 Å². The molecule has 0 spiro atoms. The maximum atomic E-state index is 11.7. The first-order valence-corrected chi connectivity index (χ1v) is 5.87. The molecule has 0 bridgehead atoms. The van der Waals surface area contributed by atoms with Crippen molar-refractivity contribution >= 4 is 23.1 Å². The second kappa shape index (κ2) is 6.29. The number of carbonyl (C=O) groups excluding carboxylic acids is 1. The second-order valence-electron chi connectivity index (χ2n) is 3.74. The smallest absolute Gasteiger partial charge is 0.229 e. The highest BCUT2D eigenvalue weighted by Crippen LogP contribution is 2.02. The van der Waals surface area contributed by atoms with Crippen LogP contribution in [0.25, 0.3) is 0 Å². The fourth-order valence-electron chi connectivity index (χ4n) is 1.43. The fraction of sp³-hybridized carbons (Fsp3) is 0.600. The Labute approximate surface area is 106 Å². The van der Waals surface area contributed by atoms with Gasteiger partial charge in [0.1, 0.15) is 6.33 Å². The van der Waals surface area contributed by atoms with Crippen LogP contribution in [0.4, 0.5) is 0 Å². The Balaban J connectivity index is 2.35. The van der Waals surface area contributed by atoms with Crippen molar-refractivity contribution in [3.05, 3.63) is 12.2 Å². The number of thiocarbonyl (C=S) groups is 1. The van der Waals surface area contributed by atoms with E-state index in [1.807, 2.05) is 6.92 Å². The summed E-state index contributed by atoms with van der Waals surface area (Å²) in [5, 5.41) is 6.89. The van der Waals surface area contributed by atoms with Crippen molar-refractivity contribution in [1.82, 2.24) is 20.1 Å². The van der Waals surface area contributed by atoms with Gasteiger partial charge in [0, 0.05) is 20.0 Å². The number of rotatable bonds is 6. The molecule has 0 aliphatic carbocycles. The van der Waals surface area contributed by atoms with Crippen LogP contribution in [0.15, 0.2) is 6.33 Å². The predicted molar refractivity (Wildman–Crippen MR) is 68.3 cm³/mol. The number of carbonyl (C=O) groups is 1. The summed E-state index contributed by atoms with van der Waals surface area (Å²) in [6, 6.07) is 0. The molecular weight excluding hydrogens is 238 g/mol. The Morgan fingerprint density at radius 3 is 2.88 bits per heavy atom. The van der Waals surface area contributed by atoms with Gasteiger partial charge in [-0.3, -0.25) is 9.48 Å². The Hall–Kier alpha value is -1.50. The largest absolute Gasteiger partial charge is 0.393 e. The first kappa shape index (κ1) is 13.6. The SMILES string of the molecule is CCC(C(=O)NCCc1ncn(C)n1)C(N)=S. The molecule has 0 aromatic carbocycles. The summed E-state index contributed by atoms with van der Waals surface area (Å²) in [5.41, 5.74) is 5.48. The van der Waals surface area contributed by atoms with Crippen molar-refractivity contribution in [2.75, 3.05) is 6.54 Å². The van der Waals surface area contributed by atoms with Gasteiger partial charge in [-0.1, -0.05) is 19.1 Å². The molecule has 1 aromatic heterocycles. The third-order valence-corrected chi connectivity index (χ3v) is 2.65. The fourth-order valence-corrected chi connectivity index (χ4v) is 1.71. The molecule has 3 N–H and O–H groups in total. The molecule has 0 saturated heterocycles. The van der Waals surface area contributed by atoms with E-state index < -0.39 is 0 Å². The van der Waals surface area contributed by atoms with Gasteiger partial charge in [-0.05, 0) is 6.42 Å². The minimum Gasteiger partial charge on any atom is -0.393 e. The van der Waals surface area contributed by atoms with Crippen LogP contribution < -0.4 is 11.1 Å². The number of aromatic nitrogens is 3. The number of nitrogens with one attached hydrogen (secondary N) is 1. The van der Waals surface area contributed by atoms with E-state index in [1.54, 1.807) is 18.1 Å². The molecule has 1 atom stereocenters. The molecule has 7 heteroatoms. The van der Waals surface area contributed by atoms with Crippen LogP contribution in [-0.2, 0) is 18.3 Å². The molecule has 0 radical (unpaired) electrons. The third-order valence-electron chi connectivity index (χ3n) is 2.36. The summed E-state index contributed by atoms with van der Waals surface area (Å²) in [4.78, 5) is 16.0. The maximum Gasteiger partial charge on any atom is 0.229 e. The molecule has 0 saturated carbocycles. The van der Waals surface area contributed by atoms with Crippen molar-refractivity contribution in [2.24, 2.45) is 18.7 Å². The Kier molecular flexibility index (Phi) is 5.02. The van der Waals surface area contributed by atoms with Crippen LogP contribution in [0.5, 0.6) is 0 Å². The normalized spacial score (nSPS) is 12.1. The summed E-state index contributed by atoms with van der Waals surface area (Å²) >= 11 is 4.83. The van der Waals surface area contributed by atoms with E-state index in [9.17, 15) is 4.79 Å². The number of amides is 1. The maximum absolute atomic E-state index is 11.7. The molecule has 0 aliphatic heterocycles. The summed E-state index contributed by atoms with van der Waals surface area (Å²) in [7, 11) is 1.80. The van der Waals surface area contributed by atoms with Crippen molar-refractivity contribution in [3.63, 3.8) is 0 Å². The average Bonchev–Trinajstić information content (AvgIpc) is 2.64. The molecule has 94 valence electrons. The van der Waals surface area contributed by atoms with Crippen LogP contribution in [0, 0.1) is 5.92 Å². The van der Waals surface area contributed by atoms with Crippen molar-refractivity contribution in [3.8, 4) is 0 Å². The summed E-state index contributed by atoms with van der Waals surface area (Å²) in [6.07, 6.45) is 2.84. The zero-order valence-electron chi connectivity index (χ0n) is 10.0. The lowest BCUT2D eigenvalue weighted by Crippen LogP contribution is -2.38. The van der Waals surface area contributed by atoms with E-state index in [0.717, 1.165) is 0 Å². The van der Waals surface area contributed by atoms with Crippen LogP contribution in [0.3, 0.4) is 0 Å². The standard InChI is InChI=1S/C10H17N5OS/c1-3-7(9(11)17)10(16)12-5-4-8-13-6-15(2)14-8/h6-7H,3-5H2,1-2H3,(H2,11,17)(H,12,16). The minimum atomic E-state index is -0.387. The van der Waals surface area contributed by atoms with Gasteiger partial charge >= 0.3 is 0 Å². The Bertz CT molecular complexity index is 403. The number of hydrogen-bond acceptors (Lipinski definition) is 4. The molecule has 1 rings (SSSR count). The summed E-state index contributed by atoms with van der Waals surface area (Å²) < 4.78 is 1.63. The van der Waals surface area contributed by atoms with Crippen LogP contribution in [0.2, 0.25) is 0 Å². The lowest BCUT2D eigenvalue weighted by molar-refractivity contribution is -0.123. The van der Waals surface area contributed by atoms with Gasteiger partial charge in [0.15, 0.2) is 5.82 Å². The van der Waals surface area contributed by atoms with Crippen molar-refractivity contribution in [2.45, 2.75) is 19.8 Å². The van der Waals surface area contributed by atoms with Crippen LogP contribution >= 0.6 is 12.2 Å². The minimum absolute atomic E-state index is 0.129. The van der Waals surface area contributed by atoms with Gasteiger partial charge in [0.05, 0.1) is 10.9 Å². The monoisotopic (exact) mass is 255 g/mol. The van der Waals surface area contributed by atoms with Crippen molar-refractivity contribution in [1.29, 1.82) is 0 Å². The summed E-state index contributed by atoms with van der Waals surface area (Å²) in [6.45, 7) is 2.37. The van der Waals surface area contributed by atoms with Gasteiger partial charge in [0.2, 0.25) is 5.91 Å². The van der Waals surface area contributed by atoms with Crippen LogP contribution in [-0.4, -0.2) is 32.2 Å². The first-order valence-electron chi connectivity index (χ1n) is 5.46. The quantitative estimate of drug-likeness (QED) is 0.687. The van der Waals surface area contributed by atoms with E-state index in [2.05, 4.69) is 15.4 Å². The zero-order valence-corrected chi connectivity index (χ0v) is 10.8. The third kappa shape index (κ3) is 4.10. The highest BCUT2D eigenvalue weighted by molar-refractivity contribution is 7.80. The lowest BCUT2D eigenvalue weighted by atomic mass is 10.1. The van der Waals surface area contributed by atoms with E-state index >= 15 is 0 Å². The molecular formula is C10H17N5OS. The average molecular weight is 255 g/mol. The zero-order chi connectivity index (χ0) is 12.8. The molecule has 6 nitrogen and oxygen atoms in total. The predicted octanol–water partition coefficient (Wildman–Crippen LogP) is -0.214.